The third-order valence-electron chi connectivity index (χ3n) is 1.60. The molecule has 0 heterocycles. The van der Waals surface area contributed by atoms with E-state index in [2.05, 4.69) is 26.3 Å². The fourth-order valence-electron chi connectivity index (χ4n) is 0.886. The molecular weight excluding hydrogens is 164 g/mol. The summed E-state index contributed by atoms with van der Waals surface area (Å²) in [5, 5.41) is 0.206. The van der Waals surface area contributed by atoms with Crippen LogP contribution in [0.15, 0.2) is 12.7 Å². The van der Waals surface area contributed by atoms with Crippen molar-refractivity contribution in [1.29, 1.82) is 0 Å². The van der Waals surface area contributed by atoms with E-state index in [1.165, 1.54) is 12.8 Å². The Bertz CT molecular complexity index is 153. The highest BCUT2D eigenvalue weighted by molar-refractivity contribution is 8.00. The maximum atomic E-state index is 5.28. The highest BCUT2D eigenvalue weighted by Crippen LogP contribution is 2.15. The van der Waals surface area contributed by atoms with Crippen LogP contribution in [0.2, 0.25) is 0 Å². The first-order valence-corrected chi connectivity index (χ1v) is 5.46. The summed E-state index contributed by atoms with van der Waals surface area (Å²) in [5.41, 5.74) is 0. The van der Waals surface area contributed by atoms with Gasteiger partial charge >= 0.3 is 0 Å². The molecule has 0 aromatic heterocycles. The third-order valence-corrected chi connectivity index (χ3v) is 2.81. The van der Waals surface area contributed by atoms with Gasteiger partial charge < -0.3 is 0 Å². The first-order chi connectivity index (χ1) is 5.70. The summed E-state index contributed by atoms with van der Waals surface area (Å²) < 4.78 is 0. The standard InChI is InChI=1S/C11H18S/c1-5-11(6-2)12-9-7-8-10(3)4/h1,6,10-11H,2,7-9H2,3-4H3. The van der Waals surface area contributed by atoms with Crippen LogP contribution in [0.5, 0.6) is 0 Å². The summed E-state index contributed by atoms with van der Waals surface area (Å²) in [6.07, 6.45) is 9.67. The van der Waals surface area contributed by atoms with Crippen molar-refractivity contribution in [3.05, 3.63) is 12.7 Å². The number of terminal acetylenes is 1. The molecule has 0 saturated carbocycles. The van der Waals surface area contributed by atoms with Crippen molar-refractivity contribution >= 4 is 11.8 Å². The fraction of sp³-hybridized carbons (Fsp3) is 0.636. The van der Waals surface area contributed by atoms with Gasteiger partial charge in [0.15, 0.2) is 0 Å². The highest BCUT2D eigenvalue weighted by Gasteiger charge is 1.99. The van der Waals surface area contributed by atoms with E-state index in [1.54, 1.807) is 0 Å². The lowest BCUT2D eigenvalue weighted by atomic mass is 10.1. The molecule has 1 unspecified atom stereocenters. The van der Waals surface area contributed by atoms with Gasteiger partial charge in [0.05, 0.1) is 5.25 Å². The molecule has 68 valence electrons. The Labute approximate surface area is 80.8 Å². The van der Waals surface area contributed by atoms with E-state index in [0.29, 0.717) is 0 Å². The molecule has 0 aromatic carbocycles. The van der Waals surface area contributed by atoms with Crippen molar-refractivity contribution < 1.29 is 0 Å². The topological polar surface area (TPSA) is 0 Å². The van der Waals surface area contributed by atoms with E-state index in [4.69, 9.17) is 6.42 Å². The number of hydrogen-bond donors (Lipinski definition) is 0. The quantitative estimate of drug-likeness (QED) is 0.345. The van der Waals surface area contributed by atoms with Gasteiger partial charge in [0.25, 0.3) is 0 Å². The van der Waals surface area contributed by atoms with E-state index in [-0.39, 0.29) is 5.25 Å². The van der Waals surface area contributed by atoms with Crippen molar-refractivity contribution in [1.82, 2.24) is 0 Å². The highest BCUT2D eigenvalue weighted by atomic mass is 32.2. The molecule has 0 amide bonds. The van der Waals surface area contributed by atoms with Crippen LogP contribution in [0.4, 0.5) is 0 Å². The molecule has 0 aliphatic carbocycles. The van der Waals surface area contributed by atoms with Crippen LogP contribution < -0.4 is 0 Å². The fourth-order valence-corrected chi connectivity index (χ4v) is 1.71. The van der Waals surface area contributed by atoms with Gasteiger partial charge in [-0.25, -0.2) is 0 Å². The largest absolute Gasteiger partial charge is 0.141 e. The van der Waals surface area contributed by atoms with Crippen LogP contribution in [0.25, 0.3) is 0 Å². The molecule has 0 saturated heterocycles. The molecule has 0 nitrogen and oxygen atoms in total. The number of hydrogen-bond acceptors (Lipinski definition) is 1. The molecule has 0 bridgehead atoms. The Hall–Kier alpha value is -0.350. The normalized spacial score (nSPS) is 12.5. The molecule has 0 aliphatic rings. The van der Waals surface area contributed by atoms with Gasteiger partial charge in [-0.15, -0.1) is 24.8 Å². The Kier molecular flexibility index (Phi) is 7.09. The lowest BCUT2D eigenvalue weighted by Crippen LogP contribution is -1.96. The second-order valence-electron chi connectivity index (χ2n) is 3.23. The smallest absolute Gasteiger partial charge is 0.0831 e. The molecule has 0 radical (unpaired) electrons. The predicted octanol–water partition coefficient (Wildman–Crippen LogP) is 3.34. The van der Waals surface area contributed by atoms with Crippen LogP contribution in [0.1, 0.15) is 26.7 Å². The van der Waals surface area contributed by atoms with E-state index in [0.717, 1.165) is 11.7 Å². The molecule has 0 fully saturated rings. The summed E-state index contributed by atoms with van der Waals surface area (Å²) in [4.78, 5) is 0. The molecule has 0 aromatic rings. The molecule has 12 heavy (non-hydrogen) atoms. The average Bonchev–Trinajstić information content (AvgIpc) is 2.04. The minimum Gasteiger partial charge on any atom is -0.141 e. The minimum atomic E-state index is 0.206. The van der Waals surface area contributed by atoms with E-state index >= 15 is 0 Å². The van der Waals surface area contributed by atoms with Crippen LogP contribution >= 0.6 is 11.8 Å². The Morgan fingerprint density at radius 2 is 2.25 bits per heavy atom. The zero-order valence-electron chi connectivity index (χ0n) is 8.05. The van der Waals surface area contributed by atoms with Crippen molar-refractivity contribution in [2.75, 3.05) is 5.75 Å². The predicted molar refractivity (Wildman–Crippen MR) is 59.3 cm³/mol. The maximum absolute atomic E-state index is 5.28. The Morgan fingerprint density at radius 1 is 1.58 bits per heavy atom. The lowest BCUT2D eigenvalue weighted by molar-refractivity contribution is 0.579. The summed E-state index contributed by atoms with van der Waals surface area (Å²) in [5.74, 6) is 4.64. The Balaban J connectivity index is 3.31. The summed E-state index contributed by atoms with van der Waals surface area (Å²) >= 11 is 1.81. The molecule has 0 rings (SSSR count). The zero-order valence-corrected chi connectivity index (χ0v) is 8.86. The van der Waals surface area contributed by atoms with Gasteiger partial charge in [-0.1, -0.05) is 32.3 Å². The van der Waals surface area contributed by atoms with Crippen molar-refractivity contribution in [3.8, 4) is 12.3 Å². The number of rotatable bonds is 6. The van der Waals surface area contributed by atoms with Crippen LogP contribution in [-0.2, 0) is 0 Å². The number of thioether (sulfide) groups is 1. The van der Waals surface area contributed by atoms with Crippen LogP contribution in [0.3, 0.4) is 0 Å². The summed E-state index contributed by atoms with van der Waals surface area (Å²) in [7, 11) is 0. The van der Waals surface area contributed by atoms with Crippen LogP contribution in [0, 0.1) is 18.3 Å². The summed E-state index contributed by atoms with van der Waals surface area (Å²) in [6.45, 7) is 8.18. The van der Waals surface area contributed by atoms with Crippen molar-refractivity contribution in [3.63, 3.8) is 0 Å². The second kappa shape index (κ2) is 7.31. The van der Waals surface area contributed by atoms with Gasteiger partial charge in [-0.3, -0.25) is 0 Å². The van der Waals surface area contributed by atoms with Gasteiger partial charge in [0, 0.05) is 0 Å². The zero-order chi connectivity index (χ0) is 9.40. The first-order valence-electron chi connectivity index (χ1n) is 4.41. The first kappa shape index (κ1) is 11.6. The maximum Gasteiger partial charge on any atom is 0.0831 e. The molecule has 0 spiro atoms. The summed E-state index contributed by atoms with van der Waals surface area (Å²) in [6, 6.07) is 0. The van der Waals surface area contributed by atoms with E-state index in [9.17, 15) is 0 Å². The van der Waals surface area contributed by atoms with E-state index in [1.807, 2.05) is 17.8 Å². The minimum absolute atomic E-state index is 0.206. The third kappa shape index (κ3) is 6.37. The monoisotopic (exact) mass is 182 g/mol. The SMILES string of the molecule is C#CC(C=C)SCCCC(C)C. The van der Waals surface area contributed by atoms with E-state index < -0.39 is 0 Å². The van der Waals surface area contributed by atoms with Gasteiger partial charge in [0.2, 0.25) is 0 Å². The van der Waals surface area contributed by atoms with Gasteiger partial charge in [-0.2, -0.15) is 0 Å². The molecule has 0 aliphatic heterocycles. The molecule has 1 atom stereocenters. The van der Waals surface area contributed by atoms with Gasteiger partial charge in [0.1, 0.15) is 0 Å². The molecular formula is C11H18S. The molecule has 0 N–H and O–H groups in total. The van der Waals surface area contributed by atoms with Crippen molar-refractivity contribution in [2.45, 2.75) is 31.9 Å². The lowest BCUT2D eigenvalue weighted by Gasteiger charge is -2.06. The Morgan fingerprint density at radius 3 is 2.67 bits per heavy atom. The molecule has 1 heteroatoms. The average molecular weight is 182 g/mol. The van der Waals surface area contributed by atoms with Crippen molar-refractivity contribution in [2.24, 2.45) is 5.92 Å². The van der Waals surface area contributed by atoms with Gasteiger partial charge in [-0.05, 0) is 18.1 Å². The second-order valence-corrected chi connectivity index (χ2v) is 4.48. The van der Waals surface area contributed by atoms with Crippen LogP contribution in [-0.4, -0.2) is 11.0 Å².